The van der Waals surface area contributed by atoms with Crippen molar-refractivity contribution in [3.8, 4) is 6.07 Å². The maximum Gasteiger partial charge on any atom is 0.145 e. The van der Waals surface area contributed by atoms with Gasteiger partial charge in [0.2, 0.25) is 0 Å². The molecule has 0 saturated carbocycles. The van der Waals surface area contributed by atoms with Gasteiger partial charge in [-0.3, -0.25) is 0 Å². The standard InChI is InChI=1S/C9H12N4/c1-3-4-13(2)9-5-8(6-10)11-7-12-9/h5,7H,3-4H2,1-2H3. The van der Waals surface area contributed by atoms with Crippen LogP contribution in [-0.2, 0) is 0 Å². The molecule has 0 aliphatic carbocycles. The highest BCUT2D eigenvalue weighted by molar-refractivity contribution is 5.40. The Balaban J connectivity index is 2.83. The van der Waals surface area contributed by atoms with Gasteiger partial charge in [0.15, 0.2) is 0 Å². The third-order valence-electron chi connectivity index (χ3n) is 1.72. The lowest BCUT2D eigenvalue weighted by Gasteiger charge is -2.16. The second kappa shape index (κ2) is 4.41. The molecule has 0 bridgehead atoms. The molecule has 13 heavy (non-hydrogen) atoms. The van der Waals surface area contributed by atoms with Crippen LogP contribution in [0.3, 0.4) is 0 Å². The first-order valence-electron chi connectivity index (χ1n) is 4.21. The van der Waals surface area contributed by atoms with Crippen molar-refractivity contribution in [3.05, 3.63) is 18.1 Å². The maximum absolute atomic E-state index is 8.61. The Morgan fingerprint density at radius 2 is 2.31 bits per heavy atom. The van der Waals surface area contributed by atoms with Gasteiger partial charge in [-0.05, 0) is 6.42 Å². The molecule has 68 valence electrons. The van der Waals surface area contributed by atoms with E-state index in [1.807, 2.05) is 18.0 Å². The Bertz CT molecular complexity index is 316. The van der Waals surface area contributed by atoms with E-state index in [1.54, 1.807) is 6.07 Å². The van der Waals surface area contributed by atoms with Crippen molar-refractivity contribution >= 4 is 5.82 Å². The number of rotatable bonds is 3. The number of nitrogens with zero attached hydrogens (tertiary/aromatic N) is 4. The SMILES string of the molecule is CCCN(C)c1cc(C#N)ncn1. The van der Waals surface area contributed by atoms with Crippen molar-refractivity contribution in [2.75, 3.05) is 18.5 Å². The van der Waals surface area contributed by atoms with Crippen LogP contribution in [-0.4, -0.2) is 23.6 Å². The van der Waals surface area contributed by atoms with Crippen molar-refractivity contribution in [2.24, 2.45) is 0 Å². The van der Waals surface area contributed by atoms with Gasteiger partial charge in [-0.15, -0.1) is 0 Å². The summed E-state index contributed by atoms with van der Waals surface area (Å²) in [7, 11) is 1.95. The Morgan fingerprint density at radius 3 is 2.92 bits per heavy atom. The maximum atomic E-state index is 8.61. The van der Waals surface area contributed by atoms with Crippen molar-refractivity contribution in [2.45, 2.75) is 13.3 Å². The summed E-state index contributed by atoms with van der Waals surface area (Å²) in [6, 6.07) is 3.68. The van der Waals surface area contributed by atoms with Gasteiger partial charge in [-0.25, -0.2) is 9.97 Å². The van der Waals surface area contributed by atoms with Crippen molar-refractivity contribution in [1.82, 2.24) is 9.97 Å². The summed E-state index contributed by atoms with van der Waals surface area (Å²) in [6.45, 7) is 3.03. The Labute approximate surface area is 77.8 Å². The van der Waals surface area contributed by atoms with E-state index < -0.39 is 0 Å². The fourth-order valence-corrected chi connectivity index (χ4v) is 1.07. The molecule has 0 amide bonds. The molecule has 1 aromatic heterocycles. The smallest absolute Gasteiger partial charge is 0.145 e. The van der Waals surface area contributed by atoms with Crippen LogP contribution in [0.4, 0.5) is 5.82 Å². The zero-order valence-electron chi connectivity index (χ0n) is 7.86. The van der Waals surface area contributed by atoms with E-state index in [0.29, 0.717) is 5.69 Å². The second-order valence-corrected chi connectivity index (χ2v) is 2.79. The molecule has 0 radical (unpaired) electrons. The molecule has 0 aliphatic heterocycles. The van der Waals surface area contributed by atoms with E-state index in [2.05, 4.69) is 16.9 Å². The van der Waals surface area contributed by atoms with Crippen LogP contribution in [0.15, 0.2) is 12.4 Å². The molecule has 0 unspecified atom stereocenters. The molecule has 1 rings (SSSR count). The molecule has 0 aliphatic rings. The summed E-state index contributed by atoms with van der Waals surface area (Å²) in [5.41, 5.74) is 0.410. The predicted octanol–water partition coefficient (Wildman–Crippen LogP) is 1.19. The summed E-state index contributed by atoms with van der Waals surface area (Å²) in [5, 5.41) is 8.61. The van der Waals surface area contributed by atoms with Crippen molar-refractivity contribution < 1.29 is 0 Å². The van der Waals surface area contributed by atoms with Crippen LogP contribution in [0.5, 0.6) is 0 Å². The zero-order valence-corrected chi connectivity index (χ0v) is 7.86. The quantitative estimate of drug-likeness (QED) is 0.694. The minimum atomic E-state index is 0.410. The molecule has 0 aromatic carbocycles. The molecular formula is C9H12N4. The summed E-state index contributed by atoms with van der Waals surface area (Å²) in [5.74, 6) is 0.799. The highest BCUT2D eigenvalue weighted by atomic mass is 15.2. The van der Waals surface area contributed by atoms with Crippen LogP contribution in [0, 0.1) is 11.3 Å². The first-order chi connectivity index (χ1) is 6.27. The van der Waals surface area contributed by atoms with E-state index in [9.17, 15) is 0 Å². The topological polar surface area (TPSA) is 52.8 Å². The number of aromatic nitrogens is 2. The highest BCUT2D eigenvalue weighted by Gasteiger charge is 2.01. The first-order valence-corrected chi connectivity index (χ1v) is 4.21. The van der Waals surface area contributed by atoms with Gasteiger partial charge in [0.1, 0.15) is 23.9 Å². The first kappa shape index (κ1) is 9.46. The normalized spacial score (nSPS) is 9.31. The van der Waals surface area contributed by atoms with Crippen LogP contribution in [0.25, 0.3) is 0 Å². The van der Waals surface area contributed by atoms with E-state index in [-0.39, 0.29) is 0 Å². The van der Waals surface area contributed by atoms with Crippen LogP contribution < -0.4 is 4.90 Å². The average molecular weight is 176 g/mol. The minimum absolute atomic E-state index is 0.410. The molecule has 0 spiro atoms. The van der Waals surface area contributed by atoms with Gasteiger partial charge >= 0.3 is 0 Å². The molecule has 0 atom stereocenters. The lowest BCUT2D eigenvalue weighted by Crippen LogP contribution is -2.19. The minimum Gasteiger partial charge on any atom is -0.360 e. The van der Waals surface area contributed by atoms with Crippen LogP contribution in [0.2, 0.25) is 0 Å². The summed E-state index contributed by atoms with van der Waals surface area (Å²) < 4.78 is 0. The highest BCUT2D eigenvalue weighted by Crippen LogP contribution is 2.08. The van der Waals surface area contributed by atoms with Gasteiger partial charge in [-0.1, -0.05) is 6.92 Å². The monoisotopic (exact) mass is 176 g/mol. The Kier molecular flexibility index (Phi) is 3.21. The summed E-state index contributed by atoms with van der Waals surface area (Å²) >= 11 is 0. The van der Waals surface area contributed by atoms with Gasteiger partial charge in [0.05, 0.1) is 0 Å². The third kappa shape index (κ3) is 2.41. The lowest BCUT2D eigenvalue weighted by atomic mass is 10.4. The number of hydrogen-bond acceptors (Lipinski definition) is 4. The fraction of sp³-hybridized carbons (Fsp3) is 0.444. The number of anilines is 1. The zero-order chi connectivity index (χ0) is 9.68. The van der Waals surface area contributed by atoms with Gasteiger partial charge in [-0.2, -0.15) is 5.26 Å². The predicted molar refractivity (Wildman–Crippen MR) is 50.3 cm³/mol. The van der Waals surface area contributed by atoms with Crippen molar-refractivity contribution in [3.63, 3.8) is 0 Å². The third-order valence-corrected chi connectivity index (χ3v) is 1.72. The molecule has 1 aromatic rings. The van der Waals surface area contributed by atoms with E-state index in [0.717, 1.165) is 18.8 Å². The van der Waals surface area contributed by atoms with Gasteiger partial charge in [0.25, 0.3) is 0 Å². The summed E-state index contributed by atoms with van der Waals surface area (Å²) in [4.78, 5) is 9.87. The number of nitriles is 1. The van der Waals surface area contributed by atoms with Gasteiger partial charge in [0, 0.05) is 19.7 Å². The Morgan fingerprint density at radius 1 is 1.54 bits per heavy atom. The molecule has 1 heterocycles. The van der Waals surface area contributed by atoms with E-state index >= 15 is 0 Å². The molecule has 0 N–H and O–H groups in total. The van der Waals surface area contributed by atoms with Crippen LogP contribution in [0.1, 0.15) is 19.0 Å². The van der Waals surface area contributed by atoms with Crippen molar-refractivity contribution in [1.29, 1.82) is 5.26 Å². The number of hydrogen-bond donors (Lipinski definition) is 0. The van der Waals surface area contributed by atoms with Crippen LogP contribution >= 0.6 is 0 Å². The van der Waals surface area contributed by atoms with Gasteiger partial charge < -0.3 is 4.90 Å². The molecule has 4 nitrogen and oxygen atoms in total. The molecule has 0 saturated heterocycles. The second-order valence-electron chi connectivity index (χ2n) is 2.79. The average Bonchev–Trinajstić information content (AvgIpc) is 2.18. The Hall–Kier alpha value is -1.63. The lowest BCUT2D eigenvalue weighted by molar-refractivity contribution is 0.833. The van der Waals surface area contributed by atoms with E-state index in [4.69, 9.17) is 5.26 Å². The largest absolute Gasteiger partial charge is 0.360 e. The van der Waals surface area contributed by atoms with E-state index in [1.165, 1.54) is 6.33 Å². The fourth-order valence-electron chi connectivity index (χ4n) is 1.07. The molecular weight excluding hydrogens is 164 g/mol. The molecule has 4 heteroatoms. The summed E-state index contributed by atoms with van der Waals surface area (Å²) in [6.07, 6.45) is 2.47. The molecule has 0 fully saturated rings.